The largest absolute Gasteiger partial charge is 0.481 e. The molecular formula is C33H47N3O9. The van der Waals surface area contributed by atoms with Gasteiger partial charge < -0.3 is 30.5 Å². The molecule has 5 unspecified atom stereocenters. The van der Waals surface area contributed by atoms with Crippen molar-refractivity contribution in [3.8, 4) is 0 Å². The number of aliphatic hydroxyl groups is 2. The Morgan fingerprint density at radius 2 is 1.84 bits per heavy atom. The minimum Gasteiger partial charge on any atom is -0.481 e. The summed E-state index contributed by atoms with van der Waals surface area (Å²) in [6.07, 6.45) is 9.78. The molecule has 1 aromatic carbocycles. The van der Waals surface area contributed by atoms with Gasteiger partial charge in [-0.1, -0.05) is 30.7 Å². The lowest BCUT2D eigenvalue weighted by Crippen LogP contribution is -2.68. The number of nitro benzene ring substituents is 1. The first-order valence-corrected chi connectivity index (χ1v) is 15.9. The van der Waals surface area contributed by atoms with Gasteiger partial charge in [0.25, 0.3) is 5.69 Å². The second-order valence-corrected chi connectivity index (χ2v) is 13.1. The highest BCUT2D eigenvalue weighted by atomic mass is 16.6. The molecule has 12 nitrogen and oxygen atoms in total. The number of carboxylic acids is 2. The lowest BCUT2D eigenvalue weighted by Gasteiger charge is -2.56. The van der Waals surface area contributed by atoms with Crippen LogP contribution >= 0.6 is 0 Å². The third kappa shape index (κ3) is 7.15. The highest BCUT2D eigenvalue weighted by Crippen LogP contribution is 2.57. The van der Waals surface area contributed by atoms with E-state index in [2.05, 4.69) is 10.2 Å². The summed E-state index contributed by atoms with van der Waals surface area (Å²) in [5.41, 5.74) is -1.93. The Hall–Kier alpha value is -3.16. The van der Waals surface area contributed by atoms with Crippen molar-refractivity contribution in [1.82, 2.24) is 10.2 Å². The van der Waals surface area contributed by atoms with Gasteiger partial charge in [-0.3, -0.25) is 24.6 Å². The number of rotatable bonds is 13. The number of nitro groups is 1. The smallest absolute Gasteiger partial charge is 0.311 e. The number of non-ortho nitro benzene ring substituents is 1. The van der Waals surface area contributed by atoms with Crippen LogP contribution in [0.4, 0.5) is 5.69 Å². The van der Waals surface area contributed by atoms with Crippen LogP contribution in [0.1, 0.15) is 77.2 Å². The van der Waals surface area contributed by atoms with E-state index < -0.39 is 51.5 Å². The molecule has 0 spiro atoms. The van der Waals surface area contributed by atoms with E-state index >= 15 is 0 Å². The van der Waals surface area contributed by atoms with Gasteiger partial charge in [0, 0.05) is 62.4 Å². The summed E-state index contributed by atoms with van der Waals surface area (Å²) in [6.45, 7) is 7.49. The van der Waals surface area contributed by atoms with Crippen LogP contribution in [0, 0.1) is 20.9 Å². The van der Waals surface area contributed by atoms with E-state index in [4.69, 9.17) is 4.74 Å². The van der Waals surface area contributed by atoms with Gasteiger partial charge in [-0.25, -0.2) is 0 Å². The number of hydrogen-bond donors (Lipinski definition) is 5. The summed E-state index contributed by atoms with van der Waals surface area (Å²) in [6, 6.07) is 4.68. The third-order valence-electron chi connectivity index (χ3n) is 10.4. The van der Waals surface area contributed by atoms with E-state index in [0.717, 1.165) is 44.3 Å². The Morgan fingerprint density at radius 1 is 1.11 bits per heavy atom. The number of ether oxygens (including phenoxy) is 1. The molecule has 12 heteroatoms. The number of nitrogens with one attached hydrogen (secondary N) is 1. The Morgan fingerprint density at radius 3 is 2.49 bits per heavy atom. The fourth-order valence-corrected chi connectivity index (χ4v) is 7.73. The Labute approximate surface area is 263 Å². The van der Waals surface area contributed by atoms with Crippen molar-refractivity contribution in [2.75, 3.05) is 26.3 Å². The third-order valence-corrected chi connectivity index (χ3v) is 10.4. The van der Waals surface area contributed by atoms with Crippen molar-refractivity contribution in [1.29, 1.82) is 0 Å². The SMILES string of the molecule is CC1N[C@H](C)C(C)(C(=O)O)C(c2cccc([N+](=O)[O-])c2)C1(CCCOCCCN1CCCCC1C1=CCC(O)(O)C=C1)C(=O)O. The van der Waals surface area contributed by atoms with Crippen LogP contribution in [0.25, 0.3) is 0 Å². The molecule has 45 heavy (non-hydrogen) atoms. The molecule has 1 aliphatic carbocycles. The van der Waals surface area contributed by atoms with Crippen LogP contribution in [0.15, 0.2) is 48.1 Å². The lowest BCUT2D eigenvalue weighted by atomic mass is 9.51. The number of carbonyl (C=O) groups is 2. The number of likely N-dealkylation sites (tertiary alicyclic amines) is 1. The molecule has 0 saturated carbocycles. The molecule has 248 valence electrons. The van der Waals surface area contributed by atoms with Crippen molar-refractivity contribution in [3.63, 3.8) is 0 Å². The zero-order valence-electron chi connectivity index (χ0n) is 26.4. The molecular weight excluding hydrogens is 582 g/mol. The standard InChI is InChI=1S/C33H47N3O9/c1-22-31(3,29(37)38)28(25-9-6-10-26(21-25)36(43)44)33(30(39)40,23(2)34-22)14-7-19-45-20-8-18-35-17-5-4-11-27(35)24-12-15-32(41,42)16-13-24/h6,9-10,12-13,15,21-23,27-28,34,41-42H,4-5,7-8,11,14,16-20H2,1-3H3,(H,37,38)(H,39,40)/t22-,23?,27?,28?,31?,33?/m1/s1. The Balaban J connectivity index is 1.42. The van der Waals surface area contributed by atoms with Gasteiger partial charge in [0.05, 0.1) is 15.8 Å². The Bertz CT molecular complexity index is 1310. The summed E-state index contributed by atoms with van der Waals surface area (Å²) in [7, 11) is 0. The van der Waals surface area contributed by atoms with Gasteiger partial charge in [-0.2, -0.15) is 0 Å². The topological polar surface area (TPSA) is 183 Å². The normalized spacial score (nSPS) is 31.7. The summed E-state index contributed by atoms with van der Waals surface area (Å²) in [5, 5.41) is 55.7. The number of piperidine rings is 2. The molecule has 0 amide bonds. The van der Waals surface area contributed by atoms with E-state index in [1.54, 1.807) is 26.0 Å². The fourth-order valence-electron chi connectivity index (χ4n) is 7.73. The van der Waals surface area contributed by atoms with Crippen molar-refractivity contribution in [3.05, 3.63) is 63.7 Å². The summed E-state index contributed by atoms with van der Waals surface area (Å²) >= 11 is 0. The molecule has 2 heterocycles. The van der Waals surface area contributed by atoms with Gasteiger partial charge in [0.1, 0.15) is 0 Å². The van der Waals surface area contributed by atoms with Gasteiger partial charge in [-0.15, -0.1) is 0 Å². The molecule has 0 radical (unpaired) electrons. The maximum absolute atomic E-state index is 13.2. The zero-order valence-corrected chi connectivity index (χ0v) is 26.4. The van der Waals surface area contributed by atoms with Crippen LogP contribution in [-0.2, 0) is 14.3 Å². The molecule has 0 aromatic heterocycles. The summed E-state index contributed by atoms with van der Waals surface area (Å²) < 4.78 is 5.96. The first-order chi connectivity index (χ1) is 21.2. The Kier molecular flexibility index (Phi) is 10.9. The average molecular weight is 630 g/mol. The second-order valence-electron chi connectivity index (χ2n) is 13.1. The minimum atomic E-state index is -1.79. The van der Waals surface area contributed by atoms with Gasteiger partial charge in [0.2, 0.25) is 0 Å². The summed E-state index contributed by atoms with van der Waals surface area (Å²) in [5.74, 6) is -5.16. The quantitative estimate of drug-likeness (QED) is 0.0925. The molecule has 6 atom stereocenters. The van der Waals surface area contributed by atoms with E-state index in [0.29, 0.717) is 18.6 Å². The van der Waals surface area contributed by atoms with Gasteiger partial charge in [-0.05, 0) is 76.6 Å². The number of benzene rings is 1. The highest BCUT2D eigenvalue weighted by Gasteiger charge is 2.64. The number of nitrogens with zero attached hydrogens (tertiary/aromatic N) is 2. The van der Waals surface area contributed by atoms with E-state index in [1.165, 1.54) is 31.2 Å². The van der Waals surface area contributed by atoms with E-state index in [1.807, 2.05) is 6.08 Å². The number of hydrogen-bond acceptors (Lipinski definition) is 9. The van der Waals surface area contributed by atoms with Gasteiger partial charge >= 0.3 is 11.9 Å². The van der Waals surface area contributed by atoms with Crippen molar-refractivity contribution in [2.24, 2.45) is 10.8 Å². The van der Waals surface area contributed by atoms with E-state index in [-0.39, 0.29) is 31.2 Å². The second kappa shape index (κ2) is 14.1. The van der Waals surface area contributed by atoms with Crippen LogP contribution in [0.3, 0.4) is 0 Å². The predicted octanol–water partition coefficient (Wildman–Crippen LogP) is 3.83. The van der Waals surface area contributed by atoms with Crippen LogP contribution < -0.4 is 5.32 Å². The minimum absolute atomic E-state index is 0.116. The molecule has 2 aliphatic heterocycles. The predicted molar refractivity (Wildman–Crippen MR) is 167 cm³/mol. The molecule has 4 rings (SSSR count). The fraction of sp³-hybridized carbons (Fsp3) is 0.636. The summed E-state index contributed by atoms with van der Waals surface area (Å²) in [4.78, 5) is 39.4. The number of aliphatic carboxylic acids is 2. The zero-order chi connectivity index (χ0) is 33.0. The highest BCUT2D eigenvalue weighted by molar-refractivity contribution is 5.84. The molecule has 2 fully saturated rings. The number of carboxylic acid groups (broad SMARTS) is 2. The van der Waals surface area contributed by atoms with Crippen LogP contribution in [0.5, 0.6) is 0 Å². The molecule has 2 saturated heterocycles. The first-order valence-electron chi connectivity index (χ1n) is 15.9. The molecule has 1 aromatic rings. The van der Waals surface area contributed by atoms with Gasteiger partial charge in [0.15, 0.2) is 5.79 Å². The first kappa shape index (κ1) is 34.7. The van der Waals surface area contributed by atoms with E-state index in [9.17, 15) is 40.1 Å². The molecule has 5 N–H and O–H groups in total. The van der Waals surface area contributed by atoms with Crippen molar-refractivity contribution < 1.29 is 39.7 Å². The maximum Gasteiger partial charge on any atom is 0.311 e. The van der Waals surface area contributed by atoms with Crippen molar-refractivity contribution >= 4 is 17.6 Å². The van der Waals surface area contributed by atoms with Crippen LogP contribution in [-0.4, -0.2) is 92.4 Å². The maximum atomic E-state index is 13.2. The van der Waals surface area contributed by atoms with Crippen molar-refractivity contribution in [2.45, 2.75) is 95.5 Å². The monoisotopic (exact) mass is 629 g/mol. The lowest BCUT2D eigenvalue weighted by molar-refractivity contribution is -0.385. The molecule has 3 aliphatic rings. The van der Waals surface area contributed by atoms with Crippen LogP contribution in [0.2, 0.25) is 0 Å². The molecule has 0 bridgehead atoms. The average Bonchev–Trinajstić information content (AvgIpc) is 2.99.